The van der Waals surface area contributed by atoms with Crippen molar-refractivity contribution in [3.05, 3.63) is 6.42 Å². The highest BCUT2D eigenvalue weighted by Gasteiger charge is 2.37. The maximum atomic E-state index is 11.3. The lowest BCUT2D eigenvalue weighted by Crippen LogP contribution is -2.47. The van der Waals surface area contributed by atoms with Gasteiger partial charge in [0.05, 0.1) is 12.4 Å². The minimum atomic E-state index is -3.20. The molecule has 2 bridgehead atoms. The quantitative estimate of drug-likeness (QED) is 0.771. The summed E-state index contributed by atoms with van der Waals surface area (Å²) in [6.07, 6.45) is 7.51. The largest absolute Gasteiger partial charge is 0.390 e. The van der Waals surface area contributed by atoms with Crippen molar-refractivity contribution >= 4 is 10.0 Å². The highest BCUT2D eigenvalue weighted by molar-refractivity contribution is 7.88. The molecule has 0 aliphatic carbocycles. The van der Waals surface area contributed by atoms with E-state index >= 15 is 0 Å². The molecule has 1 N–H and O–H groups in total. The van der Waals surface area contributed by atoms with Gasteiger partial charge in [-0.1, -0.05) is 0 Å². The number of hydrogen-bond acceptors (Lipinski definition) is 4. The van der Waals surface area contributed by atoms with Gasteiger partial charge in [0, 0.05) is 32.2 Å². The van der Waals surface area contributed by atoms with Crippen LogP contribution in [0.2, 0.25) is 0 Å². The van der Waals surface area contributed by atoms with Crippen LogP contribution in [0.25, 0.3) is 0 Å². The first-order valence-corrected chi connectivity index (χ1v) is 8.39. The van der Waals surface area contributed by atoms with E-state index in [2.05, 4.69) is 11.3 Å². The summed E-state index contributed by atoms with van der Waals surface area (Å²) >= 11 is 0. The van der Waals surface area contributed by atoms with Crippen molar-refractivity contribution in [3.63, 3.8) is 0 Å². The molecule has 6 heteroatoms. The summed E-state index contributed by atoms with van der Waals surface area (Å²) in [7, 11) is -1.69. The molecular formula is C12H23N2O3S. The van der Waals surface area contributed by atoms with Gasteiger partial charge >= 0.3 is 0 Å². The number of piperidine rings is 1. The number of fused-ring (bicyclic) bond motifs is 2. The maximum Gasteiger partial charge on any atom is 0.211 e. The number of aliphatic hydroxyl groups excluding tert-OH is 1. The predicted octanol–water partition coefficient (Wildman–Crippen LogP) is 0.0698. The van der Waals surface area contributed by atoms with Gasteiger partial charge in [-0.15, -0.1) is 0 Å². The summed E-state index contributed by atoms with van der Waals surface area (Å²) in [6.45, 7) is 0.765. The van der Waals surface area contributed by atoms with Crippen LogP contribution in [0.15, 0.2) is 0 Å². The van der Waals surface area contributed by atoms with Gasteiger partial charge in [-0.25, -0.2) is 12.7 Å². The van der Waals surface area contributed by atoms with Gasteiger partial charge < -0.3 is 5.11 Å². The van der Waals surface area contributed by atoms with Crippen molar-refractivity contribution in [2.75, 3.05) is 26.4 Å². The molecule has 0 saturated carbocycles. The van der Waals surface area contributed by atoms with Gasteiger partial charge in [0.15, 0.2) is 0 Å². The van der Waals surface area contributed by atoms with Crippen molar-refractivity contribution in [2.45, 2.75) is 43.9 Å². The van der Waals surface area contributed by atoms with E-state index in [-0.39, 0.29) is 6.54 Å². The zero-order chi connectivity index (χ0) is 13.3. The molecule has 2 fully saturated rings. The third-order valence-electron chi connectivity index (χ3n) is 4.10. The van der Waals surface area contributed by atoms with Crippen molar-refractivity contribution in [1.82, 2.24) is 9.21 Å². The second-order valence-electron chi connectivity index (χ2n) is 5.54. The van der Waals surface area contributed by atoms with Gasteiger partial charge in [0.25, 0.3) is 0 Å². The molecule has 2 aliphatic rings. The van der Waals surface area contributed by atoms with E-state index in [1.807, 2.05) is 0 Å². The zero-order valence-corrected chi connectivity index (χ0v) is 11.9. The Hall–Kier alpha value is -0.170. The first kappa shape index (κ1) is 14.2. The van der Waals surface area contributed by atoms with E-state index < -0.39 is 16.1 Å². The van der Waals surface area contributed by atoms with Gasteiger partial charge in [-0.2, -0.15) is 0 Å². The standard InChI is InChI=1S/C12H23N2O3S/c1-13(18(2,16)17)8-12(15)9-14-10-4-3-5-11(14)7-6-10/h3,10-12,15H,4-9H2,1-2H3/t10-,11+,12-/m0/s1. The minimum Gasteiger partial charge on any atom is -0.390 e. The third-order valence-corrected chi connectivity index (χ3v) is 5.39. The molecule has 105 valence electrons. The average molecular weight is 275 g/mol. The SMILES string of the molecule is CN(C[C@H](O)CN1[C@@H]2C[CH]C[C@H]1CC2)S(C)(=O)=O. The molecule has 2 rings (SSSR count). The van der Waals surface area contributed by atoms with E-state index in [0.29, 0.717) is 18.6 Å². The Labute approximate surface area is 110 Å². The Balaban J connectivity index is 1.86. The number of nitrogens with zero attached hydrogens (tertiary/aromatic N) is 2. The van der Waals surface area contributed by atoms with Crippen LogP contribution in [0.5, 0.6) is 0 Å². The van der Waals surface area contributed by atoms with E-state index in [9.17, 15) is 13.5 Å². The molecule has 3 atom stereocenters. The van der Waals surface area contributed by atoms with Crippen LogP contribution in [-0.2, 0) is 10.0 Å². The molecule has 0 amide bonds. The smallest absolute Gasteiger partial charge is 0.211 e. The second-order valence-corrected chi connectivity index (χ2v) is 7.63. The van der Waals surface area contributed by atoms with Crippen molar-refractivity contribution in [3.8, 4) is 0 Å². The van der Waals surface area contributed by atoms with Crippen molar-refractivity contribution in [2.24, 2.45) is 0 Å². The summed E-state index contributed by atoms with van der Waals surface area (Å²) in [6, 6.07) is 1.11. The van der Waals surface area contributed by atoms with Crippen LogP contribution in [0.3, 0.4) is 0 Å². The first-order chi connectivity index (χ1) is 8.38. The Morgan fingerprint density at radius 3 is 2.44 bits per heavy atom. The second kappa shape index (κ2) is 5.45. The van der Waals surface area contributed by atoms with Gasteiger partial charge in [0.2, 0.25) is 10.0 Å². The number of likely N-dealkylation sites (N-methyl/N-ethyl adjacent to an activating group) is 1. The third kappa shape index (κ3) is 3.23. The summed E-state index contributed by atoms with van der Waals surface area (Å²) in [5.41, 5.74) is 0. The van der Waals surface area contributed by atoms with E-state index in [1.54, 1.807) is 0 Å². The van der Waals surface area contributed by atoms with E-state index in [0.717, 1.165) is 12.8 Å². The Morgan fingerprint density at radius 2 is 1.94 bits per heavy atom. The Kier molecular flexibility index (Phi) is 4.31. The van der Waals surface area contributed by atoms with E-state index in [1.165, 1.54) is 30.5 Å². The van der Waals surface area contributed by atoms with Crippen LogP contribution in [0.1, 0.15) is 25.7 Å². The normalized spacial score (nSPS) is 30.9. The molecule has 1 radical (unpaired) electrons. The Morgan fingerprint density at radius 1 is 1.39 bits per heavy atom. The molecule has 0 aromatic heterocycles. The highest BCUT2D eigenvalue weighted by Crippen LogP contribution is 2.34. The van der Waals surface area contributed by atoms with Crippen LogP contribution in [-0.4, -0.2) is 67.3 Å². The lowest BCUT2D eigenvalue weighted by atomic mass is 10.0. The fourth-order valence-corrected chi connectivity index (χ4v) is 3.48. The highest BCUT2D eigenvalue weighted by atomic mass is 32.2. The molecule has 2 saturated heterocycles. The average Bonchev–Trinajstić information content (AvgIpc) is 2.49. The number of aliphatic hydroxyl groups is 1. The number of hydrogen-bond donors (Lipinski definition) is 1. The van der Waals surface area contributed by atoms with Crippen LogP contribution < -0.4 is 0 Å². The molecule has 2 aliphatic heterocycles. The number of rotatable bonds is 5. The first-order valence-electron chi connectivity index (χ1n) is 6.54. The summed E-state index contributed by atoms with van der Waals surface area (Å²) in [5.74, 6) is 0. The van der Waals surface area contributed by atoms with Crippen molar-refractivity contribution < 1.29 is 13.5 Å². The van der Waals surface area contributed by atoms with Gasteiger partial charge in [-0.3, -0.25) is 4.90 Å². The van der Waals surface area contributed by atoms with Gasteiger partial charge in [0.1, 0.15) is 0 Å². The predicted molar refractivity (Wildman–Crippen MR) is 70.5 cm³/mol. The lowest BCUT2D eigenvalue weighted by Gasteiger charge is -2.36. The minimum absolute atomic E-state index is 0.179. The van der Waals surface area contributed by atoms with Crippen LogP contribution in [0, 0.1) is 6.42 Å². The lowest BCUT2D eigenvalue weighted by molar-refractivity contribution is 0.0640. The molecule has 2 heterocycles. The van der Waals surface area contributed by atoms with Crippen molar-refractivity contribution in [1.29, 1.82) is 0 Å². The fraction of sp³-hybridized carbons (Fsp3) is 0.917. The summed E-state index contributed by atoms with van der Waals surface area (Å²) in [4.78, 5) is 2.36. The monoisotopic (exact) mass is 275 g/mol. The van der Waals surface area contributed by atoms with Crippen LogP contribution >= 0.6 is 0 Å². The summed E-state index contributed by atoms with van der Waals surface area (Å²) in [5, 5.41) is 10.0. The Bertz CT molecular complexity index is 369. The molecule has 0 aromatic rings. The maximum absolute atomic E-state index is 11.3. The van der Waals surface area contributed by atoms with E-state index in [4.69, 9.17) is 0 Å². The molecule has 18 heavy (non-hydrogen) atoms. The molecule has 5 nitrogen and oxygen atoms in total. The topological polar surface area (TPSA) is 60.9 Å². The van der Waals surface area contributed by atoms with Gasteiger partial charge in [-0.05, 0) is 32.1 Å². The molecule has 0 spiro atoms. The fourth-order valence-electron chi connectivity index (χ4n) is 3.03. The molecular weight excluding hydrogens is 252 g/mol. The molecule has 0 unspecified atom stereocenters. The zero-order valence-electron chi connectivity index (χ0n) is 11.1. The molecule has 0 aromatic carbocycles. The number of sulfonamides is 1. The van der Waals surface area contributed by atoms with Crippen LogP contribution in [0.4, 0.5) is 0 Å². The summed E-state index contributed by atoms with van der Waals surface area (Å²) < 4.78 is 23.8.